The molecule has 0 radical (unpaired) electrons. The van der Waals surface area contributed by atoms with E-state index in [1.54, 1.807) is 6.92 Å². The van der Waals surface area contributed by atoms with Gasteiger partial charge in [0.2, 0.25) is 0 Å². The summed E-state index contributed by atoms with van der Waals surface area (Å²) in [6.45, 7) is 1.87. The van der Waals surface area contributed by atoms with E-state index in [1.165, 1.54) is 77.7 Å². The maximum Gasteiger partial charge on any atom is 0.338 e. The number of nitro groups is 1. The number of esters is 1. The normalized spacial score (nSPS) is 16.7. The third-order valence-corrected chi connectivity index (χ3v) is 5.89. The number of hydrogen-bond donors (Lipinski definition) is 1. The fraction of sp³-hybridized carbons (Fsp3) is 0.115. The number of nitrogens with zero attached hydrogens (tertiary/aromatic N) is 2. The lowest BCUT2D eigenvalue weighted by Gasteiger charge is -2.25. The zero-order valence-electron chi connectivity index (χ0n) is 18.9. The van der Waals surface area contributed by atoms with E-state index in [9.17, 15) is 29.6 Å². The molecule has 0 bridgehead atoms. The van der Waals surface area contributed by atoms with Crippen molar-refractivity contribution in [3.05, 3.63) is 110 Å². The molecule has 9 nitrogen and oxygen atoms in total. The minimum absolute atomic E-state index is 0.174. The van der Waals surface area contributed by atoms with Crippen LogP contribution in [0, 0.1) is 10.1 Å². The number of amides is 1. The minimum Gasteiger partial charge on any atom is -0.507 e. The molecule has 4 rings (SSSR count). The molecule has 36 heavy (non-hydrogen) atoms. The molecule has 1 N–H and O–H groups in total. The Kier molecular flexibility index (Phi) is 6.84. The van der Waals surface area contributed by atoms with Crippen molar-refractivity contribution in [3.8, 4) is 0 Å². The molecule has 1 unspecified atom stereocenters. The number of halogens is 1. The van der Waals surface area contributed by atoms with Crippen molar-refractivity contribution >= 4 is 46.4 Å². The molecule has 182 valence electrons. The molecule has 0 aromatic heterocycles. The second-order valence-corrected chi connectivity index (χ2v) is 8.23. The second-order valence-electron chi connectivity index (χ2n) is 7.79. The summed E-state index contributed by atoms with van der Waals surface area (Å²) in [5.74, 6) is -2.79. The number of rotatable bonds is 6. The Morgan fingerprint density at radius 1 is 1.00 bits per heavy atom. The van der Waals surface area contributed by atoms with Gasteiger partial charge in [-0.3, -0.25) is 24.6 Å². The highest BCUT2D eigenvalue weighted by Crippen LogP contribution is 2.42. The highest BCUT2D eigenvalue weighted by atomic mass is 35.5. The quantitative estimate of drug-likeness (QED) is 0.124. The molecule has 1 saturated heterocycles. The number of hydrogen-bond acceptors (Lipinski definition) is 7. The first kappa shape index (κ1) is 24.6. The lowest BCUT2D eigenvalue weighted by molar-refractivity contribution is -0.384. The summed E-state index contributed by atoms with van der Waals surface area (Å²) < 4.78 is 4.98. The van der Waals surface area contributed by atoms with Crippen LogP contribution in [0.4, 0.5) is 11.4 Å². The van der Waals surface area contributed by atoms with E-state index in [1.807, 2.05) is 0 Å². The van der Waals surface area contributed by atoms with Crippen LogP contribution >= 0.6 is 11.6 Å². The topological polar surface area (TPSA) is 127 Å². The van der Waals surface area contributed by atoms with E-state index >= 15 is 0 Å². The van der Waals surface area contributed by atoms with Crippen LogP contribution in [-0.2, 0) is 14.3 Å². The van der Waals surface area contributed by atoms with Crippen LogP contribution in [0.15, 0.2) is 78.4 Å². The first-order valence-corrected chi connectivity index (χ1v) is 11.2. The van der Waals surface area contributed by atoms with Gasteiger partial charge in [-0.25, -0.2) is 4.79 Å². The van der Waals surface area contributed by atoms with Gasteiger partial charge in [-0.05, 0) is 73.2 Å². The molecule has 10 heteroatoms. The predicted octanol–water partition coefficient (Wildman–Crippen LogP) is 5.05. The third-order valence-electron chi connectivity index (χ3n) is 5.64. The zero-order valence-corrected chi connectivity index (χ0v) is 19.6. The van der Waals surface area contributed by atoms with Gasteiger partial charge in [-0.2, -0.15) is 0 Å². The molecule has 1 aliphatic rings. The van der Waals surface area contributed by atoms with E-state index in [2.05, 4.69) is 0 Å². The van der Waals surface area contributed by atoms with Crippen molar-refractivity contribution in [2.45, 2.75) is 13.0 Å². The van der Waals surface area contributed by atoms with Crippen LogP contribution in [0.5, 0.6) is 0 Å². The van der Waals surface area contributed by atoms with Crippen LogP contribution in [0.3, 0.4) is 0 Å². The smallest absolute Gasteiger partial charge is 0.338 e. The number of ether oxygens (including phenoxy) is 1. The molecule has 1 amide bonds. The molecule has 1 fully saturated rings. The Hall–Kier alpha value is -4.50. The minimum atomic E-state index is -1.09. The number of carbonyl (C=O) groups excluding carboxylic acids is 3. The van der Waals surface area contributed by atoms with Crippen molar-refractivity contribution in [1.29, 1.82) is 0 Å². The number of ketones is 1. The molecular formula is C26H19ClN2O7. The molecule has 1 aliphatic heterocycles. The van der Waals surface area contributed by atoms with Crippen LogP contribution in [0.2, 0.25) is 5.02 Å². The summed E-state index contributed by atoms with van der Waals surface area (Å²) in [6, 6.07) is 16.2. The van der Waals surface area contributed by atoms with Crippen LogP contribution in [0.1, 0.15) is 34.5 Å². The van der Waals surface area contributed by atoms with Crippen LogP contribution < -0.4 is 4.90 Å². The van der Waals surface area contributed by atoms with E-state index in [-0.39, 0.29) is 34.7 Å². The number of anilines is 1. The van der Waals surface area contributed by atoms with Crippen molar-refractivity contribution < 1.29 is 29.2 Å². The number of Topliss-reactive ketones (excluding diaryl/α,β-unsaturated/α-hetero) is 1. The highest BCUT2D eigenvalue weighted by Gasteiger charge is 2.47. The summed E-state index contributed by atoms with van der Waals surface area (Å²) in [6.07, 6.45) is 0. The van der Waals surface area contributed by atoms with Crippen molar-refractivity contribution in [2.24, 2.45) is 0 Å². The number of non-ortho nitro benzene ring substituents is 1. The summed E-state index contributed by atoms with van der Waals surface area (Å²) >= 11 is 5.94. The highest BCUT2D eigenvalue weighted by molar-refractivity contribution is 6.51. The van der Waals surface area contributed by atoms with Gasteiger partial charge < -0.3 is 9.84 Å². The Labute approximate surface area is 210 Å². The molecule has 3 aromatic rings. The van der Waals surface area contributed by atoms with Gasteiger partial charge in [0.05, 0.1) is 28.7 Å². The molecule has 0 aliphatic carbocycles. The third kappa shape index (κ3) is 4.56. The number of nitro benzene ring substituents is 1. The van der Waals surface area contributed by atoms with E-state index < -0.39 is 34.4 Å². The second kappa shape index (κ2) is 10.0. The summed E-state index contributed by atoms with van der Waals surface area (Å²) in [7, 11) is 0. The van der Waals surface area contributed by atoms with Gasteiger partial charge >= 0.3 is 5.97 Å². The molecule has 3 aromatic carbocycles. The van der Waals surface area contributed by atoms with Crippen LogP contribution in [0.25, 0.3) is 5.76 Å². The summed E-state index contributed by atoms with van der Waals surface area (Å²) in [5.41, 5.74) is 0.804. The lowest BCUT2D eigenvalue weighted by atomic mass is 9.95. The fourth-order valence-corrected chi connectivity index (χ4v) is 4.05. The summed E-state index contributed by atoms with van der Waals surface area (Å²) in [4.78, 5) is 50.1. The van der Waals surface area contributed by atoms with Gasteiger partial charge in [0.25, 0.3) is 17.4 Å². The van der Waals surface area contributed by atoms with Gasteiger partial charge in [0, 0.05) is 28.4 Å². The molecule has 1 heterocycles. The standard InChI is InChI=1S/C26H19ClN2O7/c1-2-36-26(33)17-7-11-19(12-8-17)28-22(15-5-13-20(14-6-15)29(34)35)21(24(31)25(28)32)23(30)16-3-9-18(27)10-4-16/h3-14,22,30H,2H2,1H3. The first-order chi connectivity index (χ1) is 17.2. The SMILES string of the molecule is CCOC(=O)c1ccc(N2C(=O)C(=O)C(=C(O)c3ccc(Cl)cc3)C2c2ccc([N+](=O)[O-])cc2)cc1. The number of carbonyl (C=O) groups is 3. The van der Waals surface area contributed by atoms with E-state index in [0.29, 0.717) is 10.6 Å². The largest absolute Gasteiger partial charge is 0.507 e. The predicted molar refractivity (Wildman–Crippen MR) is 132 cm³/mol. The van der Waals surface area contributed by atoms with E-state index in [4.69, 9.17) is 16.3 Å². The van der Waals surface area contributed by atoms with Crippen molar-refractivity contribution in [2.75, 3.05) is 11.5 Å². The first-order valence-electron chi connectivity index (χ1n) is 10.8. The Morgan fingerprint density at radius 2 is 1.58 bits per heavy atom. The average molecular weight is 507 g/mol. The van der Waals surface area contributed by atoms with Crippen molar-refractivity contribution in [3.63, 3.8) is 0 Å². The van der Waals surface area contributed by atoms with Gasteiger partial charge in [0.15, 0.2) is 0 Å². The van der Waals surface area contributed by atoms with Gasteiger partial charge in [-0.15, -0.1) is 0 Å². The zero-order chi connectivity index (χ0) is 26.0. The maximum atomic E-state index is 13.2. The Morgan fingerprint density at radius 3 is 2.14 bits per heavy atom. The number of aliphatic hydroxyl groups excluding tert-OH is 1. The maximum absolute atomic E-state index is 13.2. The molecular weight excluding hydrogens is 488 g/mol. The van der Waals surface area contributed by atoms with Crippen molar-refractivity contribution in [1.82, 2.24) is 0 Å². The Bertz CT molecular complexity index is 1380. The number of benzene rings is 3. The van der Waals surface area contributed by atoms with Gasteiger partial charge in [-0.1, -0.05) is 11.6 Å². The summed E-state index contributed by atoms with van der Waals surface area (Å²) in [5, 5.41) is 22.6. The van der Waals surface area contributed by atoms with Gasteiger partial charge in [0.1, 0.15) is 5.76 Å². The molecule has 0 spiro atoms. The van der Waals surface area contributed by atoms with E-state index in [0.717, 1.165) is 0 Å². The monoisotopic (exact) mass is 506 g/mol. The lowest BCUT2D eigenvalue weighted by Crippen LogP contribution is -2.29. The number of aliphatic hydroxyl groups is 1. The molecule has 1 atom stereocenters. The Balaban J connectivity index is 1.86. The fourth-order valence-electron chi connectivity index (χ4n) is 3.93. The van der Waals surface area contributed by atoms with Crippen LogP contribution in [-0.4, -0.2) is 34.3 Å². The molecule has 0 saturated carbocycles. The average Bonchev–Trinajstić information content (AvgIpc) is 3.14.